The van der Waals surface area contributed by atoms with Crippen molar-refractivity contribution in [2.24, 2.45) is 0 Å². The predicted molar refractivity (Wildman–Crippen MR) is 108 cm³/mol. The van der Waals surface area contributed by atoms with Crippen LogP contribution in [0.15, 0.2) is 42.5 Å². The summed E-state index contributed by atoms with van der Waals surface area (Å²) in [6.45, 7) is 5.91. The van der Waals surface area contributed by atoms with Crippen LogP contribution in [0.1, 0.15) is 29.7 Å². The molecule has 0 spiro atoms. The molecule has 0 fully saturated rings. The monoisotopic (exact) mass is 390 g/mol. The second-order valence-electron chi connectivity index (χ2n) is 6.65. The number of nitrogens with zero attached hydrogens (tertiary/aromatic N) is 1. The van der Waals surface area contributed by atoms with Gasteiger partial charge in [0, 0.05) is 7.05 Å². The molecule has 7 heteroatoms. The first-order valence-corrected chi connectivity index (χ1v) is 10.5. The molecule has 27 heavy (non-hydrogen) atoms. The minimum atomic E-state index is -3.31. The number of carbonyl (C=O) groups excluding carboxylic acids is 1. The third-order valence-corrected chi connectivity index (χ3v) is 5.68. The highest BCUT2D eigenvalue weighted by Gasteiger charge is 2.13. The van der Waals surface area contributed by atoms with Crippen molar-refractivity contribution in [3.63, 3.8) is 0 Å². The Hall–Kier alpha value is -2.54. The summed E-state index contributed by atoms with van der Waals surface area (Å²) in [5.41, 5.74) is 3.96. The summed E-state index contributed by atoms with van der Waals surface area (Å²) in [7, 11) is -1.83. The SMILES string of the molecule is Cc1ccc([C@@H](C)NC(=O)COc2ccc(N(C)S(C)(=O)=O)cc2)cc1C. The predicted octanol–water partition coefficient (Wildman–Crippen LogP) is 2.96. The average Bonchev–Trinajstić information content (AvgIpc) is 2.61. The van der Waals surface area contributed by atoms with Crippen LogP contribution in [0.4, 0.5) is 5.69 Å². The molecule has 1 N–H and O–H groups in total. The van der Waals surface area contributed by atoms with E-state index in [1.54, 1.807) is 24.3 Å². The van der Waals surface area contributed by atoms with Crippen molar-refractivity contribution in [1.29, 1.82) is 0 Å². The van der Waals surface area contributed by atoms with Crippen molar-refractivity contribution in [3.8, 4) is 5.75 Å². The van der Waals surface area contributed by atoms with Crippen LogP contribution in [0.3, 0.4) is 0 Å². The van der Waals surface area contributed by atoms with Crippen LogP contribution in [-0.2, 0) is 14.8 Å². The lowest BCUT2D eigenvalue weighted by Crippen LogP contribution is -2.31. The molecular weight excluding hydrogens is 364 g/mol. The lowest BCUT2D eigenvalue weighted by molar-refractivity contribution is -0.123. The summed E-state index contributed by atoms with van der Waals surface area (Å²) in [5, 5.41) is 2.91. The summed E-state index contributed by atoms with van der Waals surface area (Å²) >= 11 is 0. The van der Waals surface area contributed by atoms with E-state index in [9.17, 15) is 13.2 Å². The third kappa shape index (κ3) is 5.72. The highest BCUT2D eigenvalue weighted by Crippen LogP contribution is 2.20. The van der Waals surface area contributed by atoms with Gasteiger partial charge in [-0.1, -0.05) is 18.2 Å². The molecule has 0 aliphatic carbocycles. The van der Waals surface area contributed by atoms with Gasteiger partial charge in [0.15, 0.2) is 6.61 Å². The molecule has 0 heterocycles. The Morgan fingerprint density at radius 3 is 2.30 bits per heavy atom. The fourth-order valence-corrected chi connectivity index (χ4v) is 3.00. The van der Waals surface area contributed by atoms with Crippen molar-refractivity contribution in [2.45, 2.75) is 26.8 Å². The van der Waals surface area contributed by atoms with E-state index in [0.29, 0.717) is 11.4 Å². The molecule has 2 rings (SSSR count). The standard InChI is InChI=1S/C20H26N2O4S/c1-14-6-7-17(12-15(14)2)16(3)21-20(23)13-26-19-10-8-18(9-11-19)22(4)27(5,24)25/h6-12,16H,13H2,1-5H3,(H,21,23)/t16-/m1/s1. The molecule has 146 valence electrons. The minimum Gasteiger partial charge on any atom is -0.484 e. The van der Waals surface area contributed by atoms with Crippen LogP contribution < -0.4 is 14.4 Å². The van der Waals surface area contributed by atoms with Crippen LogP contribution in [0.5, 0.6) is 5.75 Å². The fraction of sp³-hybridized carbons (Fsp3) is 0.350. The van der Waals surface area contributed by atoms with E-state index >= 15 is 0 Å². The normalized spacial score (nSPS) is 12.3. The zero-order valence-electron chi connectivity index (χ0n) is 16.3. The van der Waals surface area contributed by atoms with Crippen molar-refractivity contribution in [3.05, 3.63) is 59.2 Å². The smallest absolute Gasteiger partial charge is 0.258 e. The second-order valence-corrected chi connectivity index (χ2v) is 8.66. The van der Waals surface area contributed by atoms with Crippen molar-refractivity contribution < 1.29 is 17.9 Å². The van der Waals surface area contributed by atoms with E-state index in [1.165, 1.54) is 22.5 Å². The topological polar surface area (TPSA) is 75.7 Å². The molecule has 0 saturated heterocycles. The summed E-state index contributed by atoms with van der Waals surface area (Å²) in [5.74, 6) is 0.271. The third-order valence-electron chi connectivity index (χ3n) is 4.48. The summed E-state index contributed by atoms with van der Waals surface area (Å²) in [4.78, 5) is 12.1. The molecule has 0 saturated carbocycles. The van der Waals surface area contributed by atoms with Gasteiger partial charge in [-0.25, -0.2) is 8.42 Å². The molecule has 0 unspecified atom stereocenters. The average molecular weight is 391 g/mol. The van der Waals surface area contributed by atoms with Crippen LogP contribution in [0.25, 0.3) is 0 Å². The van der Waals surface area contributed by atoms with E-state index in [-0.39, 0.29) is 18.6 Å². The minimum absolute atomic E-state index is 0.115. The number of aryl methyl sites for hydroxylation is 2. The van der Waals surface area contributed by atoms with E-state index in [4.69, 9.17) is 4.74 Å². The first-order valence-electron chi connectivity index (χ1n) is 8.61. The lowest BCUT2D eigenvalue weighted by atomic mass is 10.0. The van der Waals surface area contributed by atoms with Gasteiger partial charge in [-0.15, -0.1) is 0 Å². The summed E-state index contributed by atoms with van der Waals surface area (Å²) < 4.78 is 29.7. The number of rotatable bonds is 7. The van der Waals surface area contributed by atoms with E-state index in [0.717, 1.165) is 11.8 Å². The molecule has 0 aliphatic rings. The summed E-state index contributed by atoms with van der Waals surface area (Å²) in [6, 6.07) is 12.5. The number of nitrogens with one attached hydrogen (secondary N) is 1. The number of anilines is 1. The molecule has 0 radical (unpaired) electrons. The Labute approximate surface area is 161 Å². The zero-order chi connectivity index (χ0) is 20.2. The van der Waals surface area contributed by atoms with Crippen LogP contribution in [-0.4, -0.2) is 34.2 Å². The quantitative estimate of drug-likeness (QED) is 0.789. The van der Waals surface area contributed by atoms with Gasteiger partial charge in [0.2, 0.25) is 10.0 Å². The van der Waals surface area contributed by atoms with Gasteiger partial charge in [0.05, 0.1) is 18.0 Å². The van der Waals surface area contributed by atoms with Crippen molar-refractivity contribution in [2.75, 3.05) is 24.2 Å². The highest BCUT2D eigenvalue weighted by atomic mass is 32.2. The maximum Gasteiger partial charge on any atom is 0.258 e. The number of ether oxygens (including phenoxy) is 1. The number of hydrogen-bond acceptors (Lipinski definition) is 4. The Morgan fingerprint density at radius 2 is 1.74 bits per heavy atom. The molecule has 2 aromatic rings. The van der Waals surface area contributed by atoms with Gasteiger partial charge in [-0.2, -0.15) is 0 Å². The van der Waals surface area contributed by atoms with Gasteiger partial charge in [0.25, 0.3) is 5.91 Å². The Kier molecular flexibility index (Phi) is 6.49. The van der Waals surface area contributed by atoms with E-state index < -0.39 is 10.0 Å². The molecule has 0 bridgehead atoms. The van der Waals surface area contributed by atoms with Gasteiger partial charge < -0.3 is 10.1 Å². The Balaban J connectivity index is 1.90. The number of benzene rings is 2. The van der Waals surface area contributed by atoms with Crippen molar-refractivity contribution in [1.82, 2.24) is 5.32 Å². The number of sulfonamides is 1. The van der Waals surface area contributed by atoms with Gasteiger partial charge in [-0.3, -0.25) is 9.10 Å². The second kappa shape index (κ2) is 8.43. The maximum absolute atomic E-state index is 12.1. The molecule has 1 atom stereocenters. The molecule has 1 amide bonds. The summed E-state index contributed by atoms with van der Waals surface area (Å²) in [6.07, 6.45) is 1.14. The molecule has 6 nitrogen and oxygen atoms in total. The first kappa shape index (κ1) is 20.8. The fourth-order valence-electron chi connectivity index (χ4n) is 2.49. The largest absolute Gasteiger partial charge is 0.484 e. The van der Waals surface area contributed by atoms with Gasteiger partial charge >= 0.3 is 0 Å². The lowest BCUT2D eigenvalue weighted by Gasteiger charge is -2.17. The number of amides is 1. The Bertz CT molecular complexity index is 908. The van der Waals surface area contributed by atoms with E-state index in [2.05, 4.69) is 18.3 Å². The van der Waals surface area contributed by atoms with Gasteiger partial charge in [-0.05, 0) is 61.7 Å². The number of hydrogen-bond donors (Lipinski definition) is 1. The molecule has 0 aromatic heterocycles. The van der Waals surface area contributed by atoms with E-state index in [1.807, 2.05) is 26.0 Å². The van der Waals surface area contributed by atoms with Crippen LogP contribution >= 0.6 is 0 Å². The van der Waals surface area contributed by atoms with Crippen molar-refractivity contribution >= 4 is 21.6 Å². The maximum atomic E-state index is 12.1. The Morgan fingerprint density at radius 1 is 1.11 bits per heavy atom. The molecular formula is C20H26N2O4S. The number of carbonyl (C=O) groups is 1. The van der Waals surface area contributed by atoms with Crippen LogP contribution in [0, 0.1) is 13.8 Å². The zero-order valence-corrected chi connectivity index (χ0v) is 17.1. The molecule has 0 aliphatic heterocycles. The first-order chi connectivity index (χ1) is 12.6. The highest BCUT2D eigenvalue weighted by molar-refractivity contribution is 7.92. The van der Waals surface area contributed by atoms with Gasteiger partial charge in [0.1, 0.15) is 5.75 Å². The van der Waals surface area contributed by atoms with Crippen LogP contribution in [0.2, 0.25) is 0 Å². The molecule has 2 aromatic carbocycles.